The van der Waals surface area contributed by atoms with Crippen molar-refractivity contribution in [2.24, 2.45) is 28.1 Å². The monoisotopic (exact) mass is 1060 g/mol. The summed E-state index contributed by atoms with van der Waals surface area (Å²) in [6, 6.07) is 11.1. The molecular weight excluding hydrogens is 993 g/mol. The molecule has 4 aromatic carbocycles. The third-order valence-corrected chi connectivity index (χ3v) is 15.5. The first kappa shape index (κ1) is 54.9. The highest BCUT2D eigenvalue weighted by molar-refractivity contribution is 6.32. The van der Waals surface area contributed by atoms with E-state index < -0.39 is 102 Å². The fourth-order valence-electron chi connectivity index (χ4n) is 11.9. The number of hydrogen-bond donors (Lipinski definition) is 10. The van der Waals surface area contributed by atoms with E-state index in [0.29, 0.717) is 43.1 Å². The lowest BCUT2D eigenvalue weighted by Crippen LogP contribution is -2.67. The summed E-state index contributed by atoms with van der Waals surface area (Å²) in [5.41, 5.74) is 17.2. The van der Waals surface area contributed by atoms with Crippen LogP contribution in [0.5, 0.6) is 17.2 Å². The maximum atomic E-state index is 15.9. The Morgan fingerprint density at radius 2 is 1.74 bits per heavy atom. The van der Waals surface area contributed by atoms with Gasteiger partial charge in [0.25, 0.3) is 0 Å². The molecule has 8 atom stereocenters. The zero-order chi connectivity index (χ0) is 55.1. The van der Waals surface area contributed by atoms with Crippen molar-refractivity contribution in [2.45, 2.75) is 139 Å². The molecule has 0 aromatic heterocycles. The van der Waals surface area contributed by atoms with Gasteiger partial charge in [0.2, 0.25) is 12.1 Å². The molecule has 0 radical (unpaired) electrons. The number of benzene rings is 4. The van der Waals surface area contributed by atoms with Gasteiger partial charge in [-0.1, -0.05) is 67.2 Å². The fourth-order valence-corrected chi connectivity index (χ4v) is 11.9. The van der Waals surface area contributed by atoms with Crippen LogP contribution in [0.1, 0.15) is 151 Å². The number of aliphatic hydroxyl groups is 6. The Labute approximate surface area is 444 Å². The van der Waals surface area contributed by atoms with Crippen LogP contribution in [-0.2, 0) is 52.2 Å². The van der Waals surface area contributed by atoms with Gasteiger partial charge in [-0.25, -0.2) is 0 Å². The predicted molar refractivity (Wildman–Crippen MR) is 280 cm³/mol. The van der Waals surface area contributed by atoms with Crippen molar-refractivity contribution in [3.8, 4) is 29.1 Å². The number of phenols is 1. The largest absolute Gasteiger partial charge is 0.507 e. The van der Waals surface area contributed by atoms with Crippen molar-refractivity contribution < 1.29 is 73.9 Å². The van der Waals surface area contributed by atoms with Crippen LogP contribution in [0.3, 0.4) is 0 Å². The first-order valence-corrected chi connectivity index (χ1v) is 25.9. The second-order valence-electron chi connectivity index (χ2n) is 20.6. The zero-order valence-electron chi connectivity index (χ0n) is 42.8. The van der Waals surface area contributed by atoms with Gasteiger partial charge in [0, 0.05) is 58.7 Å². The molecule has 406 valence electrons. The third-order valence-electron chi connectivity index (χ3n) is 15.5. The Bertz CT molecular complexity index is 3150. The van der Waals surface area contributed by atoms with Crippen LogP contribution >= 0.6 is 0 Å². The highest BCUT2D eigenvalue weighted by atomic mass is 16.7. The molecule has 0 spiro atoms. The molecule has 5 aliphatic rings. The molecule has 2 fully saturated rings. The van der Waals surface area contributed by atoms with Crippen molar-refractivity contribution in [1.82, 2.24) is 0 Å². The number of nitrogens with zero attached hydrogens (tertiary/aromatic N) is 1. The number of fused-ring (bicyclic) bond motifs is 5. The van der Waals surface area contributed by atoms with Crippen LogP contribution < -0.4 is 26.7 Å². The SMILES string of the molecule is CC(=O)Oc1cc(CO)c2c3c1C=Cc1cccc(c1)CC(O)CCC(N)C#CCc1c(OC4OC(C)C(O)C(O)(O)C4OCCN=C(N)N)c(Cc4ccc5c(c4C=O)C4(O)CCCCC4CC5)c(O)c(c1C3=O)C2=O. The number of carbonyl (C=O) groups excluding carboxylic acids is 4. The average molecular weight is 1060 g/mol. The summed E-state index contributed by atoms with van der Waals surface area (Å²) in [5.74, 6) is -1.52. The summed E-state index contributed by atoms with van der Waals surface area (Å²) in [7, 11) is 0. The summed E-state index contributed by atoms with van der Waals surface area (Å²) >= 11 is 0. The van der Waals surface area contributed by atoms with Crippen LogP contribution in [0, 0.1) is 17.8 Å². The molecular formula is C58H64N4O15. The number of ketones is 2. The molecule has 1 heterocycles. The van der Waals surface area contributed by atoms with Gasteiger partial charge < -0.3 is 71.9 Å². The molecule has 4 bridgehead atoms. The number of aldehydes is 1. The van der Waals surface area contributed by atoms with Crippen LogP contribution in [0.2, 0.25) is 0 Å². The number of guanidine groups is 1. The Morgan fingerprint density at radius 1 is 0.961 bits per heavy atom. The van der Waals surface area contributed by atoms with E-state index in [1.807, 2.05) is 18.2 Å². The van der Waals surface area contributed by atoms with Crippen LogP contribution in [0.15, 0.2) is 47.5 Å². The molecule has 4 aliphatic carbocycles. The number of phenolic OH excluding ortho intramolecular Hbond substituents is 1. The van der Waals surface area contributed by atoms with Crippen LogP contribution in [0.25, 0.3) is 12.2 Å². The van der Waals surface area contributed by atoms with Gasteiger partial charge in [-0.05, 0) is 103 Å². The van der Waals surface area contributed by atoms with Crippen molar-refractivity contribution in [1.29, 1.82) is 0 Å². The summed E-state index contributed by atoms with van der Waals surface area (Å²) in [5, 5.41) is 82.0. The number of esters is 1. The van der Waals surface area contributed by atoms with E-state index in [4.69, 9.17) is 36.1 Å². The van der Waals surface area contributed by atoms with Gasteiger partial charge in [0.15, 0.2) is 29.9 Å². The van der Waals surface area contributed by atoms with Crippen molar-refractivity contribution >= 4 is 41.9 Å². The molecule has 1 aliphatic heterocycles. The Balaban J connectivity index is 1.34. The number of ether oxygens (including phenoxy) is 4. The van der Waals surface area contributed by atoms with Gasteiger partial charge in [0.1, 0.15) is 23.4 Å². The molecule has 0 amide bonds. The van der Waals surface area contributed by atoms with E-state index in [-0.39, 0.29) is 100 Å². The molecule has 77 heavy (non-hydrogen) atoms. The average Bonchev–Trinajstić information content (AvgIpc) is 3.55. The molecule has 8 unspecified atom stereocenters. The lowest BCUT2D eigenvalue weighted by Gasteiger charge is -2.46. The van der Waals surface area contributed by atoms with Crippen molar-refractivity contribution in [3.63, 3.8) is 0 Å². The molecule has 19 heteroatoms. The van der Waals surface area contributed by atoms with E-state index >= 15 is 9.59 Å². The highest BCUT2D eigenvalue weighted by Gasteiger charge is 2.56. The number of carbonyl (C=O) groups is 4. The number of nitrogens with two attached hydrogens (primary N) is 3. The van der Waals surface area contributed by atoms with Gasteiger partial charge in [-0.3, -0.25) is 24.2 Å². The number of rotatable bonds is 11. The minimum atomic E-state index is -3.11. The van der Waals surface area contributed by atoms with Crippen molar-refractivity contribution in [3.05, 3.63) is 120 Å². The van der Waals surface area contributed by atoms with E-state index in [9.17, 15) is 45.3 Å². The van der Waals surface area contributed by atoms with Crippen molar-refractivity contribution in [2.75, 3.05) is 13.2 Å². The van der Waals surface area contributed by atoms with Gasteiger partial charge in [-0.2, -0.15) is 0 Å². The second kappa shape index (κ2) is 22.3. The van der Waals surface area contributed by atoms with E-state index in [1.165, 1.54) is 19.1 Å². The molecule has 19 nitrogen and oxygen atoms in total. The lowest BCUT2D eigenvalue weighted by molar-refractivity contribution is -0.378. The number of aliphatic imine (C=N–C) groups is 1. The Morgan fingerprint density at radius 3 is 2.48 bits per heavy atom. The zero-order valence-corrected chi connectivity index (χ0v) is 42.8. The molecule has 1 saturated carbocycles. The number of aromatic hydroxyl groups is 1. The van der Waals surface area contributed by atoms with Gasteiger partial charge in [-0.15, -0.1) is 0 Å². The molecule has 1 saturated heterocycles. The normalized spacial score (nSPS) is 25.4. The maximum Gasteiger partial charge on any atom is 0.308 e. The Hall–Kier alpha value is -6.83. The smallest absolute Gasteiger partial charge is 0.308 e. The minimum Gasteiger partial charge on any atom is -0.507 e. The Kier molecular flexibility index (Phi) is 15.9. The summed E-state index contributed by atoms with van der Waals surface area (Å²) in [4.78, 5) is 61.8. The summed E-state index contributed by atoms with van der Waals surface area (Å²) in [6.07, 6.45) is -0.389. The van der Waals surface area contributed by atoms with E-state index in [1.54, 1.807) is 24.3 Å². The number of hydrogen-bond acceptors (Lipinski definition) is 17. The summed E-state index contributed by atoms with van der Waals surface area (Å²) in [6.45, 7) is 1.07. The summed E-state index contributed by atoms with van der Waals surface area (Å²) < 4.78 is 24.5. The molecule has 13 N–H and O–H groups in total. The standard InChI is InChI=1S/C58H64N4O15/c1-29-53(70)58(72,73)54(74-22-21-62-56(60)61)55(75-29)77-52-40-11-6-10-37(59)17-18-38(66)24-32-8-5-7-31(23-32)12-19-39-43(76-30(2)65)26-35(27-63)44-45(39)51(69)46(40)47(50(44)68)49(67)41(52)25-34-14-13-33-15-16-36-9-3-4-20-57(36,71)48(33)42(34)28-64/h5,7-8,12-14,19,23,26,28-29,36-38,53-55,63,66-67,70-73H,3-4,9,11,15-18,20-22,24-25,27,59H2,1-2H3,(H4,60,61,62). The van der Waals surface area contributed by atoms with Gasteiger partial charge >= 0.3 is 5.97 Å². The fraction of sp³-hybridized carbons (Fsp3) is 0.431. The lowest BCUT2D eigenvalue weighted by atomic mass is 9.63. The quantitative estimate of drug-likeness (QED) is 0.0133. The first-order chi connectivity index (χ1) is 36.8. The third kappa shape index (κ3) is 10.5. The minimum absolute atomic E-state index is 0.0466. The van der Waals surface area contributed by atoms with E-state index in [0.717, 1.165) is 30.9 Å². The van der Waals surface area contributed by atoms with E-state index in [2.05, 4.69) is 16.8 Å². The predicted octanol–water partition coefficient (Wildman–Crippen LogP) is 2.88. The molecule has 9 rings (SSSR count). The topological polar surface area (TPSA) is 337 Å². The maximum absolute atomic E-state index is 15.9. The van der Waals surface area contributed by atoms with Crippen LogP contribution in [-0.4, -0.2) is 121 Å². The number of aliphatic hydroxyl groups excluding tert-OH is 3. The second-order valence-corrected chi connectivity index (χ2v) is 20.6. The first-order valence-electron chi connectivity index (χ1n) is 25.9. The number of aryl methyl sites for hydroxylation is 1. The van der Waals surface area contributed by atoms with Gasteiger partial charge in [0.05, 0.1) is 49.2 Å². The highest BCUT2D eigenvalue weighted by Crippen LogP contribution is 2.52. The van der Waals surface area contributed by atoms with Crippen LogP contribution in [0.4, 0.5) is 0 Å². The molecule has 4 aromatic rings.